The molecule has 1 aliphatic heterocycles. The lowest BCUT2D eigenvalue weighted by Gasteiger charge is -2.27. The molecule has 5 aromatic rings. The number of aromatic nitrogens is 2. The first-order valence-electron chi connectivity index (χ1n) is 16.6. The molecule has 2 N–H and O–H groups in total. The summed E-state index contributed by atoms with van der Waals surface area (Å²) >= 11 is 1.68. The maximum Gasteiger partial charge on any atom is 0.259 e. The Bertz CT molecular complexity index is 1940. The number of thiophene rings is 1. The molecule has 1 aliphatic rings. The lowest BCUT2D eigenvalue weighted by atomic mass is 10.0. The van der Waals surface area contributed by atoms with Gasteiger partial charge in [0.25, 0.3) is 5.56 Å². The Morgan fingerprint density at radius 3 is 2.58 bits per heavy atom. The second-order valence-electron chi connectivity index (χ2n) is 12.5. The van der Waals surface area contributed by atoms with Gasteiger partial charge in [-0.2, -0.15) is 0 Å². The highest BCUT2D eigenvalue weighted by Crippen LogP contribution is 2.41. The first-order valence-corrected chi connectivity index (χ1v) is 17.5. The van der Waals surface area contributed by atoms with Crippen LogP contribution >= 0.6 is 11.3 Å². The average Bonchev–Trinajstić information content (AvgIpc) is 3.47. The van der Waals surface area contributed by atoms with Crippen LogP contribution in [0, 0.1) is 5.92 Å². The van der Waals surface area contributed by atoms with Crippen LogP contribution in [0.25, 0.3) is 36.9 Å². The Labute approximate surface area is 285 Å². The van der Waals surface area contributed by atoms with Crippen molar-refractivity contribution < 1.29 is 19.1 Å². The van der Waals surface area contributed by atoms with Crippen molar-refractivity contribution >= 4 is 61.0 Å². The van der Waals surface area contributed by atoms with E-state index in [1.165, 1.54) is 0 Å². The Balaban J connectivity index is 0.00000221. The van der Waals surface area contributed by atoms with Crippen molar-refractivity contribution in [2.24, 2.45) is 5.92 Å². The highest BCUT2D eigenvalue weighted by Gasteiger charge is 2.23. The van der Waals surface area contributed by atoms with E-state index in [4.69, 9.17) is 14.5 Å². The number of nitrogens with one attached hydrogen (secondary N) is 2. The second-order valence-corrected chi connectivity index (χ2v) is 13.5. The smallest absolute Gasteiger partial charge is 0.259 e. The SMILES string of the molecule is CC.CC(C)(C)OC[C@@H](CCCNC=O)C(=O)Nc1ccc2sc3c(-c4cccn5c(=O)cc(N6CCOCC6)nc45)cccc3c2c1. The zero-order chi connectivity index (χ0) is 34.3. The molecule has 3 aromatic heterocycles. The molecule has 1 fully saturated rings. The fourth-order valence-electron chi connectivity index (χ4n) is 5.76. The Morgan fingerprint density at radius 2 is 1.83 bits per heavy atom. The van der Waals surface area contributed by atoms with Crippen molar-refractivity contribution in [2.75, 3.05) is 49.7 Å². The minimum Gasteiger partial charge on any atom is -0.378 e. The van der Waals surface area contributed by atoms with Crippen molar-refractivity contribution in [3.05, 3.63) is 71.1 Å². The van der Waals surface area contributed by atoms with Crippen molar-refractivity contribution in [1.29, 1.82) is 0 Å². The number of nitrogens with zero attached hydrogens (tertiary/aromatic N) is 3. The number of carbonyl (C=O) groups is 2. The number of anilines is 2. The van der Waals surface area contributed by atoms with E-state index in [0.717, 1.165) is 31.3 Å². The summed E-state index contributed by atoms with van der Waals surface area (Å²) in [6.45, 7) is 13.3. The van der Waals surface area contributed by atoms with Gasteiger partial charge in [0.15, 0.2) is 0 Å². The molecule has 2 aromatic carbocycles. The third-order valence-corrected chi connectivity index (χ3v) is 9.33. The zero-order valence-corrected chi connectivity index (χ0v) is 29.2. The number of fused-ring (bicyclic) bond motifs is 4. The topological polar surface area (TPSA) is 114 Å². The minimum absolute atomic E-state index is 0.113. The molecule has 10 nitrogen and oxygen atoms in total. The highest BCUT2D eigenvalue weighted by molar-refractivity contribution is 7.26. The molecule has 0 aliphatic carbocycles. The monoisotopic (exact) mass is 671 g/mol. The Hall–Kier alpha value is -4.32. The molecule has 11 heteroatoms. The molecule has 2 amide bonds. The molecule has 254 valence electrons. The van der Waals surface area contributed by atoms with Crippen LogP contribution < -0.4 is 21.1 Å². The van der Waals surface area contributed by atoms with Crippen LogP contribution in [-0.4, -0.2) is 66.8 Å². The maximum atomic E-state index is 13.4. The predicted octanol–water partition coefficient (Wildman–Crippen LogP) is 6.49. The van der Waals surface area contributed by atoms with Gasteiger partial charge in [0.05, 0.1) is 31.3 Å². The fraction of sp³-hybridized carbons (Fsp3) is 0.405. The van der Waals surface area contributed by atoms with Gasteiger partial charge in [-0.1, -0.05) is 32.0 Å². The van der Waals surface area contributed by atoms with Gasteiger partial charge >= 0.3 is 0 Å². The number of morpholine rings is 1. The minimum atomic E-state index is -0.372. The first kappa shape index (κ1) is 35.0. The highest BCUT2D eigenvalue weighted by atomic mass is 32.1. The molecule has 1 saturated heterocycles. The molecular weight excluding hydrogens is 627 g/mol. The van der Waals surface area contributed by atoms with Gasteiger partial charge < -0.3 is 25.0 Å². The molecule has 6 rings (SSSR count). The fourth-order valence-corrected chi connectivity index (χ4v) is 6.97. The van der Waals surface area contributed by atoms with Gasteiger partial charge in [-0.15, -0.1) is 11.3 Å². The number of benzene rings is 2. The van der Waals surface area contributed by atoms with Crippen LogP contribution in [0.3, 0.4) is 0 Å². The van der Waals surface area contributed by atoms with Gasteiger partial charge in [0.1, 0.15) is 11.5 Å². The van der Waals surface area contributed by atoms with Gasteiger partial charge in [0, 0.05) is 68.9 Å². The quantitative estimate of drug-likeness (QED) is 0.122. The number of hydrogen-bond donors (Lipinski definition) is 2. The van der Waals surface area contributed by atoms with Crippen LogP contribution in [-0.2, 0) is 19.1 Å². The molecule has 0 bridgehead atoms. The molecule has 0 unspecified atom stereocenters. The van der Waals surface area contributed by atoms with Crippen LogP contribution in [0.4, 0.5) is 11.5 Å². The number of rotatable bonds is 11. The summed E-state index contributed by atoms with van der Waals surface area (Å²) in [5, 5.41) is 7.88. The standard InChI is InChI=1S/C35H39N5O5S.C2H6/c1-35(2,3)45-21-23(7-5-13-36-22-41)34(43)37-24-11-12-29-28(19-24)26-9-4-8-25(32(26)46-29)27-10-6-14-40-31(42)20-30(38-33(27)40)39-15-17-44-18-16-39;1-2/h4,6,8-12,14,19-20,22-23H,5,7,13,15-18,21H2,1-3H3,(H,36,41)(H,37,43);1-2H3/t23-;/m1./s1. The summed E-state index contributed by atoms with van der Waals surface area (Å²) in [6, 6.07) is 17.7. The van der Waals surface area contributed by atoms with Crippen molar-refractivity contribution in [3.63, 3.8) is 0 Å². The van der Waals surface area contributed by atoms with E-state index in [1.807, 2.05) is 71.0 Å². The number of carbonyl (C=O) groups excluding carboxylic acids is 2. The third kappa shape index (κ3) is 8.03. The van der Waals surface area contributed by atoms with Crippen molar-refractivity contribution in [2.45, 2.75) is 53.1 Å². The largest absolute Gasteiger partial charge is 0.378 e. The molecular formula is C37H45N5O5S. The summed E-state index contributed by atoms with van der Waals surface area (Å²) in [6.07, 6.45) is 3.69. The lowest BCUT2D eigenvalue weighted by Crippen LogP contribution is -2.37. The number of amides is 2. The van der Waals surface area contributed by atoms with E-state index in [2.05, 4.69) is 27.7 Å². The Morgan fingerprint density at radius 1 is 1.06 bits per heavy atom. The van der Waals surface area contributed by atoms with E-state index in [-0.39, 0.29) is 23.0 Å². The van der Waals surface area contributed by atoms with Crippen LogP contribution in [0.2, 0.25) is 0 Å². The van der Waals surface area contributed by atoms with E-state index < -0.39 is 0 Å². The van der Waals surface area contributed by atoms with E-state index in [0.29, 0.717) is 75.9 Å². The first-order chi connectivity index (χ1) is 23.2. The second kappa shape index (κ2) is 15.7. The van der Waals surface area contributed by atoms with E-state index >= 15 is 0 Å². The average molecular weight is 672 g/mol. The molecule has 0 radical (unpaired) electrons. The number of ether oxygens (including phenoxy) is 2. The zero-order valence-electron chi connectivity index (χ0n) is 28.4. The van der Waals surface area contributed by atoms with Gasteiger partial charge in [-0.05, 0) is 63.9 Å². The van der Waals surface area contributed by atoms with E-state index in [1.54, 1.807) is 28.0 Å². The number of hydrogen-bond acceptors (Lipinski definition) is 8. The summed E-state index contributed by atoms with van der Waals surface area (Å²) in [7, 11) is 0. The summed E-state index contributed by atoms with van der Waals surface area (Å²) in [5.41, 5.74) is 2.71. The van der Waals surface area contributed by atoms with Crippen LogP contribution in [0.5, 0.6) is 0 Å². The normalized spacial score (nSPS) is 14.1. The summed E-state index contributed by atoms with van der Waals surface area (Å²) in [5.74, 6) is 0.188. The lowest BCUT2D eigenvalue weighted by molar-refractivity contribution is -0.124. The van der Waals surface area contributed by atoms with Gasteiger partial charge in [0.2, 0.25) is 12.3 Å². The molecule has 48 heavy (non-hydrogen) atoms. The van der Waals surface area contributed by atoms with E-state index in [9.17, 15) is 14.4 Å². The van der Waals surface area contributed by atoms with Crippen molar-refractivity contribution in [1.82, 2.24) is 14.7 Å². The molecule has 4 heterocycles. The predicted molar refractivity (Wildman–Crippen MR) is 195 cm³/mol. The number of pyridine rings is 1. The van der Waals surface area contributed by atoms with Gasteiger partial charge in [-0.25, -0.2) is 4.98 Å². The van der Waals surface area contributed by atoms with Crippen LogP contribution in [0.1, 0.15) is 47.5 Å². The van der Waals surface area contributed by atoms with Crippen molar-refractivity contribution in [3.8, 4) is 11.1 Å². The Kier molecular flexibility index (Phi) is 11.5. The summed E-state index contributed by atoms with van der Waals surface area (Å²) < 4.78 is 15.3. The molecule has 0 spiro atoms. The molecule has 1 atom stereocenters. The third-order valence-electron chi connectivity index (χ3n) is 8.11. The van der Waals surface area contributed by atoms with Gasteiger partial charge in [-0.3, -0.25) is 18.8 Å². The van der Waals surface area contributed by atoms with Crippen LogP contribution in [0.15, 0.2) is 65.6 Å². The molecule has 0 saturated carbocycles. The maximum absolute atomic E-state index is 13.4. The summed E-state index contributed by atoms with van der Waals surface area (Å²) in [4.78, 5) is 44.4.